The molecule has 2 aliphatic rings. The first-order valence-corrected chi connectivity index (χ1v) is 8.71. The monoisotopic (exact) mass is 334 g/mol. The molecule has 6 heteroatoms. The lowest BCUT2D eigenvalue weighted by molar-refractivity contribution is -0.142. The molecule has 1 amide bonds. The molecule has 3 rings (SSSR count). The fraction of sp³-hybridized carbons (Fsp3) is 0.611. The predicted octanol–water partition coefficient (Wildman–Crippen LogP) is 0.750. The Morgan fingerprint density at radius 2 is 2.00 bits per heavy atom. The van der Waals surface area contributed by atoms with Crippen LogP contribution in [0.3, 0.4) is 0 Å². The summed E-state index contributed by atoms with van der Waals surface area (Å²) in [6.45, 7) is 4.50. The van der Waals surface area contributed by atoms with Gasteiger partial charge in [-0.1, -0.05) is 18.2 Å². The number of nitrogens with zero attached hydrogens (tertiary/aromatic N) is 2. The highest BCUT2D eigenvalue weighted by atomic mass is 16.5. The molecule has 24 heavy (non-hydrogen) atoms. The lowest BCUT2D eigenvalue weighted by Gasteiger charge is -2.36. The van der Waals surface area contributed by atoms with Crippen molar-refractivity contribution in [3.05, 3.63) is 30.3 Å². The summed E-state index contributed by atoms with van der Waals surface area (Å²) in [4.78, 5) is 16.4. The first kappa shape index (κ1) is 17.2. The van der Waals surface area contributed by atoms with Crippen LogP contribution in [0.4, 0.5) is 0 Å². The second kappa shape index (κ2) is 8.46. The van der Waals surface area contributed by atoms with Crippen molar-refractivity contribution in [1.82, 2.24) is 9.80 Å². The van der Waals surface area contributed by atoms with Gasteiger partial charge in [-0.15, -0.1) is 0 Å². The number of amides is 1. The number of hydrogen-bond donors (Lipinski definition) is 1. The second-order valence-electron chi connectivity index (χ2n) is 6.41. The second-order valence-corrected chi connectivity index (χ2v) is 6.41. The van der Waals surface area contributed by atoms with Gasteiger partial charge >= 0.3 is 0 Å². The van der Waals surface area contributed by atoms with Crippen LogP contribution in [0.25, 0.3) is 0 Å². The fourth-order valence-electron chi connectivity index (χ4n) is 3.19. The largest absolute Gasteiger partial charge is 0.491 e. The number of ether oxygens (including phenoxy) is 2. The smallest absolute Gasteiger partial charge is 0.251 e. The third-order valence-electron chi connectivity index (χ3n) is 4.54. The first-order valence-electron chi connectivity index (χ1n) is 8.71. The van der Waals surface area contributed by atoms with E-state index in [0.717, 1.165) is 31.7 Å². The molecule has 132 valence electrons. The van der Waals surface area contributed by atoms with Gasteiger partial charge in [0, 0.05) is 39.3 Å². The molecule has 2 atom stereocenters. The molecule has 2 fully saturated rings. The van der Waals surface area contributed by atoms with E-state index in [1.807, 2.05) is 35.2 Å². The Hall–Kier alpha value is -1.63. The molecule has 6 nitrogen and oxygen atoms in total. The Kier molecular flexibility index (Phi) is 6.07. The van der Waals surface area contributed by atoms with Crippen molar-refractivity contribution in [1.29, 1.82) is 0 Å². The highest BCUT2D eigenvalue weighted by Gasteiger charge is 2.30. The SMILES string of the molecule is O=C([C@@H]1CCCO1)N1CCN(C[C@@H](O)COc2ccccc2)CC1. The maximum Gasteiger partial charge on any atom is 0.251 e. The summed E-state index contributed by atoms with van der Waals surface area (Å²) in [5.41, 5.74) is 0. The lowest BCUT2D eigenvalue weighted by Crippen LogP contribution is -2.53. The summed E-state index contributed by atoms with van der Waals surface area (Å²) in [6.07, 6.45) is 1.05. The molecule has 0 aliphatic carbocycles. The molecule has 1 N–H and O–H groups in total. The molecule has 1 aromatic carbocycles. The molecule has 0 saturated carbocycles. The average molecular weight is 334 g/mol. The summed E-state index contributed by atoms with van der Waals surface area (Å²) in [5.74, 6) is 0.892. The fourth-order valence-corrected chi connectivity index (χ4v) is 3.19. The Balaban J connectivity index is 1.36. The molecule has 0 spiro atoms. The predicted molar refractivity (Wildman–Crippen MR) is 89.9 cm³/mol. The molecular formula is C18H26N2O4. The zero-order chi connectivity index (χ0) is 16.8. The summed E-state index contributed by atoms with van der Waals surface area (Å²) < 4.78 is 11.1. The van der Waals surface area contributed by atoms with E-state index >= 15 is 0 Å². The van der Waals surface area contributed by atoms with Crippen molar-refractivity contribution >= 4 is 5.91 Å². The van der Waals surface area contributed by atoms with Gasteiger partial charge < -0.3 is 19.5 Å². The minimum Gasteiger partial charge on any atom is -0.491 e. The van der Waals surface area contributed by atoms with Crippen molar-refractivity contribution in [2.75, 3.05) is 45.9 Å². The highest BCUT2D eigenvalue weighted by Crippen LogP contribution is 2.16. The van der Waals surface area contributed by atoms with Crippen LogP contribution in [-0.2, 0) is 9.53 Å². The first-order chi connectivity index (χ1) is 11.7. The van der Waals surface area contributed by atoms with E-state index in [4.69, 9.17) is 9.47 Å². The van der Waals surface area contributed by atoms with Crippen LogP contribution in [-0.4, -0.2) is 79.0 Å². The Bertz CT molecular complexity index is 511. The van der Waals surface area contributed by atoms with E-state index in [2.05, 4.69) is 4.90 Å². The van der Waals surface area contributed by atoms with Crippen molar-refractivity contribution in [2.45, 2.75) is 25.0 Å². The maximum atomic E-state index is 12.3. The number of hydrogen-bond acceptors (Lipinski definition) is 5. The van der Waals surface area contributed by atoms with Gasteiger partial charge in [-0.3, -0.25) is 9.69 Å². The Morgan fingerprint density at radius 1 is 1.25 bits per heavy atom. The molecule has 0 unspecified atom stereocenters. The standard InChI is InChI=1S/C18H26N2O4/c21-15(14-24-16-5-2-1-3-6-16)13-19-8-10-20(11-9-19)18(22)17-7-4-12-23-17/h1-3,5-6,15,17,21H,4,7-14H2/t15-,17+/m1/s1. The number of aliphatic hydroxyl groups is 1. The van der Waals surface area contributed by atoms with E-state index < -0.39 is 6.10 Å². The molecular weight excluding hydrogens is 308 g/mol. The van der Waals surface area contributed by atoms with Crippen LogP contribution in [0, 0.1) is 0 Å². The van der Waals surface area contributed by atoms with Gasteiger partial charge in [0.15, 0.2) is 0 Å². The molecule has 0 radical (unpaired) electrons. The molecule has 1 aromatic rings. The molecule has 2 saturated heterocycles. The van der Waals surface area contributed by atoms with Crippen LogP contribution in [0.1, 0.15) is 12.8 Å². The Labute approximate surface area is 143 Å². The third kappa shape index (κ3) is 4.69. The van der Waals surface area contributed by atoms with Crippen molar-refractivity contribution in [2.24, 2.45) is 0 Å². The Morgan fingerprint density at radius 3 is 2.67 bits per heavy atom. The minimum atomic E-state index is -0.536. The number of aliphatic hydroxyl groups excluding tert-OH is 1. The third-order valence-corrected chi connectivity index (χ3v) is 4.54. The van der Waals surface area contributed by atoms with E-state index in [1.165, 1.54) is 0 Å². The minimum absolute atomic E-state index is 0.125. The number of benzene rings is 1. The normalized spacial score (nSPS) is 23.2. The number of piperazine rings is 1. The van der Waals surface area contributed by atoms with E-state index in [1.54, 1.807) is 0 Å². The number of β-amino-alcohol motifs (C(OH)–C–C–N with tert-alkyl or cyclic N) is 1. The van der Waals surface area contributed by atoms with Gasteiger partial charge in [0.05, 0.1) is 0 Å². The van der Waals surface area contributed by atoms with Crippen LogP contribution in [0.5, 0.6) is 5.75 Å². The summed E-state index contributed by atoms with van der Waals surface area (Å²) in [7, 11) is 0. The van der Waals surface area contributed by atoms with Gasteiger partial charge in [-0.25, -0.2) is 0 Å². The van der Waals surface area contributed by atoms with E-state index in [0.29, 0.717) is 26.2 Å². The molecule has 0 bridgehead atoms. The number of para-hydroxylation sites is 1. The zero-order valence-corrected chi connectivity index (χ0v) is 14.0. The van der Waals surface area contributed by atoms with E-state index in [-0.39, 0.29) is 18.6 Å². The van der Waals surface area contributed by atoms with E-state index in [9.17, 15) is 9.90 Å². The van der Waals surface area contributed by atoms with Crippen LogP contribution < -0.4 is 4.74 Å². The van der Waals surface area contributed by atoms with Gasteiger partial charge in [0.25, 0.3) is 5.91 Å². The summed E-state index contributed by atoms with van der Waals surface area (Å²) in [6, 6.07) is 9.50. The van der Waals surface area contributed by atoms with Crippen LogP contribution >= 0.6 is 0 Å². The lowest BCUT2D eigenvalue weighted by atomic mass is 10.2. The summed E-state index contributed by atoms with van der Waals surface area (Å²) in [5, 5.41) is 10.1. The van der Waals surface area contributed by atoms with Crippen molar-refractivity contribution in [3.8, 4) is 5.75 Å². The van der Waals surface area contributed by atoms with Crippen LogP contribution in [0.15, 0.2) is 30.3 Å². The zero-order valence-electron chi connectivity index (χ0n) is 14.0. The quantitative estimate of drug-likeness (QED) is 0.832. The van der Waals surface area contributed by atoms with Crippen molar-refractivity contribution in [3.63, 3.8) is 0 Å². The molecule has 2 aliphatic heterocycles. The number of carbonyl (C=O) groups is 1. The average Bonchev–Trinajstić information content (AvgIpc) is 3.16. The van der Waals surface area contributed by atoms with Gasteiger partial charge in [-0.05, 0) is 25.0 Å². The van der Waals surface area contributed by atoms with Gasteiger partial charge in [-0.2, -0.15) is 0 Å². The molecule has 0 aromatic heterocycles. The maximum absolute atomic E-state index is 12.3. The highest BCUT2D eigenvalue weighted by molar-refractivity contribution is 5.81. The van der Waals surface area contributed by atoms with Gasteiger partial charge in [0.2, 0.25) is 0 Å². The number of carbonyl (C=O) groups excluding carboxylic acids is 1. The topological polar surface area (TPSA) is 62.2 Å². The van der Waals surface area contributed by atoms with Gasteiger partial charge in [0.1, 0.15) is 24.6 Å². The molecule has 2 heterocycles. The van der Waals surface area contributed by atoms with Crippen LogP contribution in [0.2, 0.25) is 0 Å². The number of rotatable bonds is 6. The summed E-state index contributed by atoms with van der Waals surface area (Å²) >= 11 is 0. The van der Waals surface area contributed by atoms with Crippen molar-refractivity contribution < 1.29 is 19.4 Å².